The molecule has 0 spiro atoms. The zero-order chi connectivity index (χ0) is 12.8. The van der Waals surface area contributed by atoms with Gasteiger partial charge in [0.1, 0.15) is 6.04 Å². The third kappa shape index (κ3) is 4.97. The number of rotatable bonds is 6. The van der Waals surface area contributed by atoms with Crippen LogP contribution in [0.5, 0.6) is 0 Å². The van der Waals surface area contributed by atoms with Gasteiger partial charge in [-0.15, -0.1) is 0 Å². The van der Waals surface area contributed by atoms with E-state index in [0.29, 0.717) is 13.0 Å². The van der Waals surface area contributed by atoms with Crippen molar-refractivity contribution in [2.24, 2.45) is 5.73 Å². The molecule has 0 aliphatic carbocycles. The van der Waals surface area contributed by atoms with Gasteiger partial charge in [0.05, 0.1) is 0 Å². The summed E-state index contributed by atoms with van der Waals surface area (Å²) in [6.07, 6.45) is 0.470. The first-order valence-corrected chi connectivity index (χ1v) is 5.71. The molecule has 17 heavy (non-hydrogen) atoms. The molecule has 1 atom stereocenters. The van der Waals surface area contributed by atoms with Crippen LogP contribution in [-0.4, -0.2) is 35.6 Å². The first-order chi connectivity index (χ1) is 7.99. The second-order valence-electron chi connectivity index (χ2n) is 4.46. The van der Waals surface area contributed by atoms with Crippen LogP contribution in [0.3, 0.4) is 0 Å². The van der Waals surface area contributed by atoms with E-state index in [1.807, 2.05) is 13.1 Å². The number of aryl methyl sites for hydroxylation is 1. The lowest BCUT2D eigenvalue weighted by molar-refractivity contribution is -0.138. The quantitative estimate of drug-likeness (QED) is 0.779. The molecule has 0 radical (unpaired) electrons. The Morgan fingerprint density at radius 3 is 2.82 bits per heavy atom. The Morgan fingerprint density at radius 1 is 1.53 bits per heavy atom. The summed E-state index contributed by atoms with van der Waals surface area (Å²) in [6, 6.07) is 7.52. The molecule has 4 heteroatoms. The van der Waals surface area contributed by atoms with Crippen molar-refractivity contribution in [3.05, 3.63) is 35.4 Å². The van der Waals surface area contributed by atoms with Crippen LogP contribution in [0, 0.1) is 6.92 Å². The number of aliphatic carboxylic acids is 1. The highest BCUT2D eigenvalue weighted by Gasteiger charge is 2.12. The molecular formula is C13H20N2O2. The number of nitrogens with zero attached hydrogens (tertiary/aromatic N) is 1. The first-order valence-electron chi connectivity index (χ1n) is 5.71. The molecule has 1 rings (SSSR count). The van der Waals surface area contributed by atoms with Gasteiger partial charge < -0.3 is 15.7 Å². The Hall–Kier alpha value is -1.39. The maximum absolute atomic E-state index is 10.6. The van der Waals surface area contributed by atoms with Gasteiger partial charge in [0.25, 0.3) is 0 Å². The molecule has 0 saturated carbocycles. The molecule has 3 N–H and O–H groups in total. The minimum atomic E-state index is -0.936. The average Bonchev–Trinajstić information content (AvgIpc) is 2.25. The molecule has 0 saturated heterocycles. The van der Waals surface area contributed by atoms with E-state index in [1.165, 1.54) is 11.1 Å². The topological polar surface area (TPSA) is 66.6 Å². The smallest absolute Gasteiger partial charge is 0.320 e. The number of benzene rings is 1. The molecule has 1 unspecified atom stereocenters. The monoisotopic (exact) mass is 236 g/mol. The van der Waals surface area contributed by atoms with Crippen LogP contribution >= 0.6 is 0 Å². The third-order valence-corrected chi connectivity index (χ3v) is 2.67. The Labute approximate surface area is 102 Å². The fourth-order valence-corrected chi connectivity index (χ4v) is 1.68. The summed E-state index contributed by atoms with van der Waals surface area (Å²) in [4.78, 5) is 12.7. The summed E-state index contributed by atoms with van der Waals surface area (Å²) < 4.78 is 0. The van der Waals surface area contributed by atoms with Crippen molar-refractivity contribution in [2.75, 3.05) is 13.6 Å². The number of carboxylic acids is 1. The molecule has 1 aromatic carbocycles. The standard InChI is InChI=1S/C13H20N2O2/c1-10-4-3-5-11(8-10)9-15(2)7-6-12(14)13(16)17/h3-5,8,12H,6-7,9,14H2,1-2H3,(H,16,17). The summed E-state index contributed by atoms with van der Waals surface area (Å²) in [5.41, 5.74) is 7.92. The van der Waals surface area contributed by atoms with E-state index < -0.39 is 12.0 Å². The molecule has 4 nitrogen and oxygen atoms in total. The lowest BCUT2D eigenvalue weighted by atomic mass is 10.1. The summed E-state index contributed by atoms with van der Waals surface area (Å²) in [5.74, 6) is -0.936. The van der Waals surface area contributed by atoms with Crippen molar-refractivity contribution in [2.45, 2.75) is 25.9 Å². The van der Waals surface area contributed by atoms with Gasteiger partial charge in [-0.3, -0.25) is 4.79 Å². The van der Waals surface area contributed by atoms with E-state index in [1.54, 1.807) is 0 Å². The van der Waals surface area contributed by atoms with Gasteiger partial charge in [0, 0.05) is 13.1 Å². The Morgan fingerprint density at radius 2 is 2.24 bits per heavy atom. The van der Waals surface area contributed by atoms with E-state index in [0.717, 1.165) is 6.54 Å². The van der Waals surface area contributed by atoms with Crippen LogP contribution in [-0.2, 0) is 11.3 Å². The van der Waals surface area contributed by atoms with E-state index in [-0.39, 0.29) is 0 Å². The SMILES string of the molecule is Cc1cccc(CN(C)CCC(N)C(=O)O)c1. The molecule has 0 amide bonds. The number of hydrogen-bond donors (Lipinski definition) is 2. The van der Waals surface area contributed by atoms with Gasteiger partial charge in [-0.2, -0.15) is 0 Å². The summed E-state index contributed by atoms with van der Waals surface area (Å²) in [7, 11) is 1.97. The van der Waals surface area contributed by atoms with Crippen molar-refractivity contribution in [3.8, 4) is 0 Å². The summed E-state index contributed by atoms with van der Waals surface area (Å²) >= 11 is 0. The van der Waals surface area contributed by atoms with Crippen molar-refractivity contribution in [1.29, 1.82) is 0 Å². The predicted molar refractivity (Wildman–Crippen MR) is 67.7 cm³/mol. The van der Waals surface area contributed by atoms with Crippen LogP contribution in [0.2, 0.25) is 0 Å². The van der Waals surface area contributed by atoms with E-state index in [2.05, 4.69) is 30.0 Å². The zero-order valence-electron chi connectivity index (χ0n) is 10.4. The number of carboxylic acid groups (broad SMARTS) is 1. The van der Waals surface area contributed by atoms with Crippen molar-refractivity contribution < 1.29 is 9.90 Å². The van der Waals surface area contributed by atoms with Crippen LogP contribution in [0.4, 0.5) is 0 Å². The van der Waals surface area contributed by atoms with Gasteiger partial charge in [-0.25, -0.2) is 0 Å². The first kappa shape index (κ1) is 13.7. The van der Waals surface area contributed by atoms with E-state index in [9.17, 15) is 4.79 Å². The predicted octanol–water partition coefficient (Wildman–Crippen LogP) is 1.23. The highest BCUT2D eigenvalue weighted by Crippen LogP contribution is 2.07. The molecule has 94 valence electrons. The Kier molecular flexibility index (Phi) is 5.12. The normalized spacial score (nSPS) is 12.7. The molecule has 0 heterocycles. The minimum Gasteiger partial charge on any atom is -0.480 e. The molecule has 0 bridgehead atoms. The molecule has 1 aromatic rings. The molecule has 0 aromatic heterocycles. The Bertz CT molecular complexity index is 379. The highest BCUT2D eigenvalue weighted by molar-refractivity contribution is 5.72. The maximum atomic E-state index is 10.6. The van der Waals surface area contributed by atoms with Gasteiger partial charge in [0.15, 0.2) is 0 Å². The van der Waals surface area contributed by atoms with Crippen LogP contribution in [0.1, 0.15) is 17.5 Å². The Balaban J connectivity index is 2.39. The van der Waals surface area contributed by atoms with E-state index in [4.69, 9.17) is 10.8 Å². The summed E-state index contributed by atoms with van der Waals surface area (Å²) in [6.45, 7) is 3.55. The average molecular weight is 236 g/mol. The zero-order valence-corrected chi connectivity index (χ0v) is 10.4. The minimum absolute atomic E-state index is 0.470. The number of carbonyl (C=O) groups is 1. The van der Waals surface area contributed by atoms with Gasteiger partial charge in [-0.1, -0.05) is 29.8 Å². The van der Waals surface area contributed by atoms with E-state index >= 15 is 0 Å². The molecule has 0 aliphatic rings. The molecule has 0 aliphatic heterocycles. The molecular weight excluding hydrogens is 216 g/mol. The lowest BCUT2D eigenvalue weighted by Gasteiger charge is -2.18. The van der Waals surface area contributed by atoms with Crippen molar-refractivity contribution in [3.63, 3.8) is 0 Å². The molecule has 0 fully saturated rings. The number of hydrogen-bond acceptors (Lipinski definition) is 3. The largest absolute Gasteiger partial charge is 0.480 e. The maximum Gasteiger partial charge on any atom is 0.320 e. The van der Waals surface area contributed by atoms with Gasteiger partial charge in [-0.05, 0) is 26.0 Å². The third-order valence-electron chi connectivity index (χ3n) is 2.67. The van der Waals surface area contributed by atoms with Crippen LogP contribution in [0.15, 0.2) is 24.3 Å². The summed E-state index contributed by atoms with van der Waals surface area (Å²) in [5, 5.41) is 8.68. The fourth-order valence-electron chi connectivity index (χ4n) is 1.68. The van der Waals surface area contributed by atoms with Crippen molar-refractivity contribution in [1.82, 2.24) is 4.90 Å². The van der Waals surface area contributed by atoms with Crippen molar-refractivity contribution >= 4 is 5.97 Å². The lowest BCUT2D eigenvalue weighted by Crippen LogP contribution is -2.34. The fraction of sp³-hybridized carbons (Fsp3) is 0.462. The highest BCUT2D eigenvalue weighted by atomic mass is 16.4. The van der Waals surface area contributed by atoms with Gasteiger partial charge in [0.2, 0.25) is 0 Å². The second-order valence-corrected chi connectivity index (χ2v) is 4.46. The van der Waals surface area contributed by atoms with Crippen LogP contribution < -0.4 is 5.73 Å². The second kappa shape index (κ2) is 6.37. The van der Waals surface area contributed by atoms with Gasteiger partial charge >= 0.3 is 5.97 Å². The number of nitrogens with two attached hydrogens (primary N) is 1. The van der Waals surface area contributed by atoms with Crippen LogP contribution in [0.25, 0.3) is 0 Å².